The third kappa shape index (κ3) is 3.83. The number of ether oxygens (including phenoxy) is 1. The first-order valence-electron chi connectivity index (χ1n) is 8.91. The van der Waals surface area contributed by atoms with E-state index in [1.807, 2.05) is 30.3 Å². The van der Waals surface area contributed by atoms with Gasteiger partial charge in [-0.3, -0.25) is 14.4 Å². The summed E-state index contributed by atoms with van der Waals surface area (Å²) in [5.74, 6) is -0.567. The van der Waals surface area contributed by atoms with Gasteiger partial charge in [-0.25, -0.2) is 0 Å². The van der Waals surface area contributed by atoms with Crippen molar-refractivity contribution in [1.29, 1.82) is 0 Å². The van der Waals surface area contributed by atoms with E-state index in [0.29, 0.717) is 39.1 Å². The third-order valence-electron chi connectivity index (χ3n) is 4.97. The minimum absolute atomic E-state index is 0.00837. The molecular formula is C19H24N2O4. The number of nitrogens with zero attached hydrogens (tertiary/aromatic N) is 2. The molecule has 0 spiro atoms. The standard InChI is InChI=1S/C19H24N2O4/c1-2-25-19(24)14-8-10-20(11-9-14)18(23)15-12-17(22)21(13-15)16-6-4-3-5-7-16/h3-7,14-15H,2,8-13H2,1H3/t15-/m1/s1. The Morgan fingerprint density at radius 3 is 2.44 bits per heavy atom. The summed E-state index contributed by atoms with van der Waals surface area (Å²) in [7, 11) is 0. The average molecular weight is 344 g/mol. The van der Waals surface area contributed by atoms with E-state index in [4.69, 9.17) is 4.74 Å². The molecule has 1 aromatic rings. The van der Waals surface area contributed by atoms with E-state index >= 15 is 0 Å². The van der Waals surface area contributed by atoms with Crippen LogP contribution in [0.3, 0.4) is 0 Å². The Morgan fingerprint density at radius 1 is 1.12 bits per heavy atom. The summed E-state index contributed by atoms with van der Waals surface area (Å²) in [5.41, 5.74) is 0.837. The van der Waals surface area contributed by atoms with Gasteiger partial charge in [-0.15, -0.1) is 0 Å². The van der Waals surface area contributed by atoms with Gasteiger partial charge in [0, 0.05) is 31.7 Å². The largest absolute Gasteiger partial charge is 0.466 e. The number of hydrogen-bond acceptors (Lipinski definition) is 4. The highest BCUT2D eigenvalue weighted by Crippen LogP contribution is 2.28. The van der Waals surface area contributed by atoms with Crippen LogP contribution in [-0.2, 0) is 19.1 Å². The van der Waals surface area contributed by atoms with Crippen molar-refractivity contribution in [3.63, 3.8) is 0 Å². The van der Waals surface area contributed by atoms with Gasteiger partial charge >= 0.3 is 5.97 Å². The smallest absolute Gasteiger partial charge is 0.309 e. The van der Waals surface area contributed by atoms with E-state index in [0.717, 1.165) is 5.69 Å². The molecule has 6 nitrogen and oxygen atoms in total. The molecule has 0 N–H and O–H groups in total. The van der Waals surface area contributed by atoms with Crippen molar-refractivity contribution in [1.82, 2.24) is 4.90 Å². The van der Waals surface area contributed by atoms with Gasteiger partial charge in [0.25, 0.3) is 0 Å². The van der Waals surface area contributed by atoms with Crippen molar-refractivity contribution in [3.05, 3.63) is 30.3 Å². The molecule has 3 rings (SSSR count). The zero-order valence-electron chi connectivity index (χ0n) is 14.5. The van der Waals surface area contributed by atoms with E-state index in [2.05, 4.69) is 0 Å². The second-order valence-electron chi connectivity index (χ2n) is 6.59. The van der Waals surface area contributed by atoms with Gasteiger partial charge in [0.1, 0.15) is 0 Å². The molecule has 0 saturated carbocycles. The van der Waals surface area contributed by atoms with Crippen LogP contribution in [0, 0.1) is 11.8 Å². The van der Waals surface area contributed by atoms with Crippen molar-refractivity contribution in [3.8, 4) is 0 Å². The zero-order valence-corrected chi connectivity index (χ0v) is 14.5. The monoisotopic (exact) mass is 344 g/mol. The topological polar surface area (TPSA) is 66.9 Å². The lowest BCUT2D eigenvalue weighted by Gasteiger charge is -2.32. The fourth-order valence-corrected chi connectivity index (χ4v) is 3.58. The lowest BCUT2D eigenvalue weighted by Crippen LogP contribution is -2.44. The van der Waals surface area contributed by atoms with Crippen LogP contribution < -0.4 is 4.90 Å². The van der Waals surface area contributed by atoms with Gasteiger partial charge < -0.3 is 14.5 Å². The Balaban J connectivity index is 1.56. The van der Waals surface area contributed by atoms with E-state index in [-0.39, 0.29) is 36.0 Å². The molecule has 0 unspecified atom stereocenters. The molecule has 2 aliphatic heterocycles. The normalized spacial score (nSPS) is 21.5. The number of esters is 1. The van der Waals surface area contributed by atoms with E-state index in [9.17, 15) is 14.4 Å². The van der Waals surface area contributed by atoms with Crippen molar-refractivity contribution >= 4 is 23.5 Å². The number of carbonyl (C=O) groups excluding carboxylic acids is 3. The van der Waals surface area contributed by atoms with Gasteiger partial charge in [-0.2, -0.15) is 0 Å². The minimum Gasteiger partial charge on any atom is -0.466 e. The fraction of sp³-hybridized carbons (Fsp3) is 0.526. The number of piperidine rings is 1. The van der Waals surface area contributed by atoms with E-state index in [1.54, 1.807) is 16.7 Å². The highest BCUT2D eigenvalue weighted by atomic mass is 16.5. The summed E-state index contributed by atoms with van der Waals surface area (Å²) >= 11 is 0. The number of hydrogen-bond donors (Lipinski definition) is 0. The van der Waals surface area contributed by atoms with Crippen LogP contribution in [-0.4, -0.2) is 48.9 Å². The van der Waals surface area contributed by atoms with Crippen LogP contribution in [0.4, 0.5) is 5.69 Å². The summed E-state index contributed by atoms with van der Waals surface area (Å²) in [6.45, 7) is 3.72. The van der Waals surface area contributed by atoms with Gasteiger partial charge in [-0.05, 0) is 31.9 Å². The maximum atomic E-state index is 12.8. The molecule has 0 aliphatic carbocycles. The Bertz CT molecular complexity index is 638. The average Bonchev–Trinajstić information content (AvgIpc) is 3.04. The lowest BCUT2D eigenvalue weighted by atomic mass is 9.95. The number of likely N-dealkylation sites (tertiary alicyclic amines) is 1. The maximum Gasteiger partial charge on any atom is 0.309 e. The minimum atomic E-state index is -0.299. The van der Waals surface area contributed by atoms with Crippen molar-refractivity contribution < 1.29 is 19.1 Å². The van der Waals surface area contributed by atoms with Gasteiger partial charge in [0.05, 0.1) is 18.4 Å². The third-order valence-corrected chi connectivity index (χ3v) is 4.97. The predicted molar refractivity (Wildman–Crippen MR) is 92.8 cm³/mol. The molecule has 2 amide bonds. The molecular weight excluding hydrogens is 320 g/mol. The summed E-state index contributed by atoms with van der Waals surface area (Å²) in [5, 5.41) is 0. The highest BCUT2D eigenvalue weighted by Gasteiger charge is 2.38. The molecule has 1 atom stereocenters. The van der Waals surface area contributed by atoms with E-state index < -0.39 is 0 Å². The predicted octanol–water partition coefficient (Wildman–Crippen LogP) is 1.84. The van der Waals surface area contributed by atoms with Gasteiger partial charge in [0.15, 0.2) is 0 Å². The summed E-state index contributed by atoms with van der Waals surface area (Å²) in [6.07, 6.45) is 1.52. The number of para-hydroxylation sites is 1. The summed E-state index contributed by atoms with van der Waals surface area (Å²) < 4.78 is 5.06. The SMILES string of the molecule is CCOC(=O)C1CCN(C(=O)[C@@H]2CC(=O)N(c3ccccc3)C2)CC1. The molecule has 2 aliphatic rings. The molecule has 6 heteroatoms. The molecule has 134 valence electrons. The van der Waals surface area contributed by atoms with Crippen LogP contribution in [0.15, 0.2) is 30.3 Å². The highest BCUT2D eigenvalue weighted by molar-refractivity contribution is 6.00. The molecule has 2 saturated heterocycles. The fourth-order valence-electron chi connectivity index (χ4n) is 3.58. The zero-order chi connectivity index (χ0) is 17.8. The molecule has 0 aromatic heterocycles. The van der Waals surface area contributed by atoms with E-state index in [1.165, 1.54) is 0 Å². The van der Waals surface area contributed by atoms with Crippen LogP contribution in [0.2, 0.25) is 0 Å². The van der Waals surface area contributed by atoms with Crippen LogP contribution in [0.25, 0.3) is 0 Å². The second-order valence-corrected chi connectivity index (χ2v) is 6.59. The van der Waals surface area contributed by atoms with Gasteiger partial charge in [0.2, 0.25) is 11.8 Å². The quantitative estimate of drug-likeness (QED) is 0.782. The van der Waals surface area contributed by atoms with Crippen molar-refractivity contribution in [2.75, 3.05) is 31.1 Å². The lowest BCUT2D eigenvalue weighted by molar-refractivity contribution is -0.151. The molecule has 1 aromatic carbocycles. The Morgan fingerprint density at radius 2 is 1.80 bits per heavy atom. The van der Waals surface area contributed by atoms with Crippen molar-refractivity contribution in [2.24, 2.45) is 11.8 Å². The summed E-state index contributed by atoms with van der Waals surface area (Å²) in [6, 6.07) is 9.45. The first kappa shape index (κ1) is 17.5. The Kier molecular flexibility index (Phi) is 5.36. The molecule has 2 fully saturated rings. The molecule has 2 heterocycles. The number of carbonyl (C=O) groups is 3. The summed E-state index contributed by atoms with van der Waals surface area (Å²) in [4.78, 5) is 40.3. The first-order chi connectivity index (χ1) is 12.1. The van der Waals surface area contributed by atoms with Crippen LogP contribution >= 0.6 is 0 Å². The molecule has 25 heavy (non-hydrogen) atoms. The van der Waals surface area contributed by atoms with Crippen LogP contribution in [0.1, 0.15) is 26.2 Å². The molecule has 0 radical (unpaired) electrons. The Hall–Kier alpha value is -2.37. The molecule has 0 bridgehead atoms. The first-order valence-corrected chi connectivity index (χ1v) is 8.91. The van der Waals surface area contributed by atoms with Gasteiger partial charge in [-0.1, -0.05) is 18.2 Å². The Labute approximate surface area is 147 Å². The maximum absolute atomic E-state index is 12.8. The number of anilines is 1. The van der Waals surface area contributed by atoms with Crippen LogP contribution in [0.5, 0.6) is 0 Å². The number of amides is 2. The number of benzene rings is 1. The second kappa shape index (κ2) is 7.68. The van der Waals surface area contributed by atoms with Crippen molar-refractivity contribution in [2.45, 2.75) is 26.2 Å². The number of rotatable bonds is 4.